The first kappa shape index (κ1) is 18.7. The molecule has 1 atom stereocenters. The van der Waals surface area contributed by atoms with Crippen LogP contribution in [0.4, 0.5) is 10.8 Å². The molecule has 2 aromatic rings. The Bertz CT molecular complexity index is 778. The summed E-state index contributed by atoms with van der Waals surface area (Å²) in [5.74, 6) is 0.437. The summed E-state index contributed by atoms with van der Waals surface area (Å²) in [5.41, 5.74) is 6.18. The molecule has 0 fully saturated rings. The molecule has 4 N–H and O–H groups in total. The molecule has 0 bridgehead atoms. The molecular formula is C14H18N4O3S3. The quantitative estimate of drug-likeness (QED) is 0.639. The van der Waals surface area contributed by atoms with Crippen LogP contribution in [0.15, 0.2) is 40.7 Å². The van der Waals surface area contributed by atoms with Crippen LogP contribution in [0.25, 0.3) is 0 Å². The fourth-order valence-electron chi connectivity index (χ4n) is 1.80. The highest BCUT2D eigenvalue weighted by atomic mass is 32.2. The number of sulfonamides is 1. The van der Waals surface area contributed by atoms with Crippen LogP contribution in [-0.2, 0) is 14.8 Å². The minimum Gasteiger partial charge on any atom is -0.325 e. The van der Waals surface area contributed by atoms with E-state index in [1.165, 1.54) is 29.7 Å². The number of thiazole rings is 1. The van der Waals surface area contributed by atoms with Crippen molar-refractivity contribution in [1.82, 2.24) is 4.98 Å². The van der Waals surface area contributed by atoms with Crippen molar-refractivity contribution < 1.29 is 13.2 Å². The zero-order valence-corrected chi connectivity index (χ0v) is 15.4. The van der Waals surface area contributed by atoms with E-state index < -0.39 is 16.1 Å². The normalized spacial score (nSPS) is 12.6. The molecule has 0 aliphatic heterocycles. The van der Waals surface area contributed by atoms with Crippen LogP contribution in [0, 0.1) is 0 Å². The van der Waals surface area contributed by atoms with Crippen LogP contribution in [-0.4, -0.2) is 37.4 Å². The highest BCUT2D eigenvalue weighted by Crippen LogP contribution is 2.20. The Labute approximate surface area is 149 Å². The Morgan fingerprint density at radius 3 is 2.92 bits per heavy atom. The summed E-state index contributed by atoms with van der Waals surface area (Å²) in [6.07, 6.45) is 4.00. The summed E-state index contributed by atoms with van der Waals surface area (Å²) in [5, 5.41) is 4.60. The van der Waals surface area contributed by atoms with E-state index in [1.807, 2.05) is 6.26 Å². The van der Waals surface area contributed by atoms with Crippen molar-refractivity contribution in [2.24, 2.45) is 5.73 Å². The molecule has 24 heavy (non-hydrogen) atoms. The number of nitrogens with zero attached hydrogens (tertiary/aromatic N) is 1. The van der Waals surface area contributed by atoms with E-state index in [2.05, 4.69) is 15.0 Å². The van der Waals surface area contributed by atoms with Gasteiger partial charge in [0.25, 0.3) is 10.0 Å². The van der Waals surface area contributed by atoms with Crippen LogP contribution in [0.2, 0.25) is 0 Å². The molecule has 0 saturated carbocycles. The molecule has 2 rings (SSSR count). The number of hydrogen-bond acceptors (Lipinski definition) is 7. The van der Waals surface area contributed by atoms with E-state index in [-0.39, 0.29) is 15.9 Å². The average molecular weight is 387 g/mol. The van der Waals surface area contributed by atoms with Gasteiger partial charge in [-0.2, -0.15) is 11.8 Å². The minimum absolute atomic E-state index is 0.0354. The first-order chi connectivity index (χ1) is 11.4. The summed E-state index contributed by atoms with van der Waals surface area (Å²) in [6.45, 7) is 0. The number of carbonyl (C=O) groups excluding carboxylic acids is 1. The third-order valence-electron chi connectivity index (χ3n) is 3.04. The van der Waals surface area contributed by atoms with Crippen molar-refractivity contribution in [2.45, 2.75) is 17.4 Å². The van der Waals surface area contributed by atoms with Crippen LogP contribution >= 0.6 is 23.1 Å². The lowest BCUT2D eigenvalue weighted by atomic mass is 10.2. The standard InChI is InChI=1S/C14H18N4O3S3/c1-22-7-5-12(15)13(19)17-10-3-2-4-11(9-10)24(20,21)18-14-16-6-8-23-14/h2-4,6,8-9,12H,5,7,15H2,1H3,(H,16,18)(H,17,19)/t12-/m0/s1. The van der Waals surface area contributed by atoms with Gasteiger partial charge in [-0.3, -0.25) is 9.52 Å². The Hall–Kier alpha value is -1.62. The van der Waals surface area contributed by atoms with Gasteiger partial charge in [-0.05, 0) is 36.6 Å². The van der Waals surface area contributed by atoms with Gasteiger partial charge in [-0.15, -0.1) is 11.3 Å². The van der Waals surface area contributed by atoms with E-state index in [0.717, 1.165) is 5.75 Å². The monoisotopic (exact) mass is 386 g/mol. The van der Waals surface area contributed by atoms with Gasteiger partial charge in [-0.1, -0.05) is 6.07 Å². The fraction of sp³-hybridized carbons (Fsp3) is 0.286. The van der Waals surface area contributed by atoms with Crippen LogP contribution in [0.3, 0.4) is 0 Å². The van der Waals surface area contributed by atoms with E-state index in [1.54, 1.807) is 29.3 Å². The number of thioether (sulfide) groups is 1. The lowest BCUT2D eigenvalue weighted by molar-refractivity contribution is -0.117. The Morgan fingerprint density at radius 2 is 2.25 bits per heavy atom. The number of nitrogens with two attached hydrogens (primary N) is 1. The second-order valence-electron chi connectivity index (χ2n) is 4.85. The van der Waals surface area contributed by atoms with Gasteiger partial charge in [0.05, 0.1) is 10.9 Å². The second-order valence-corrected chi connectivity index (χ2v) is 8.41. The van der Waals surface area contributed by atoms with Crippen molar-refractivity contribution in [3.05, 3.63) is 35.8 Å². The minimum atomic E-state index is -3.76. The van der Waals surface area contributed by atoms with Crippen molar-refractivity contribution in [2.75, 3.05) is 22.0 Å². The molecule has 0 aliphatic carbocycles. The predicted octanol–water partition coefficient (Wildman–Crippen LogP) is 1.96. The average Bonchev–Trinajstić information content (AvgIpc) is 3.05. The van der Waals surface area contributed by atoms with Crippen molar-refractivity contribution in [1.29, 1.82) is 0 Å². The number of benzene rings is 1. The van der Waals surface area contributed by atoms with Gasteiger partial charge < -0.3 is 11.1 Å². The lowest BCUT2D eigenvalue weighted by Gasteiger charge is -2.12. The van der Waals surface area contributed by atoms with Crippen molar-refractivity contribution in [3.8, 4) is 0 Å². The third kappa shape index (κ3) is 5.20. The number of nitrogens with one attached hydrogen (secondary N) is 2. The highest BCUT2D eigenvalue weighted by Gasteiger charge is 2.17. The molecule has 10 heteroatoms. The number of rotatable bonds is 8. The van der Waals surface area contributed by atoms with E-state index in [0.29, 0.717) is 12.1 Å². The van der Waals surface area contributed by atoms with Gasteiger partial charge in [0.1, 0.15) is 0 Å². The number of carbonyl (C=O) groups is 1. The third-order valence-corrected chi connectivity index (χ3v) is 5.83. The predicted molar refractivity (Wildman–Crippen MR) is 99.0 cm³/mol. The fourth-order valence-corrected chi connectivity index (χ4v) is 4.12. The number of aromatic nitrogens is 1. The first-order valence-electron chi connectivity index (χ1n) is 7.00. The number of hydrogen-bond donors (Lipinski definition) is 3. The smallest absolute Gasteiger partial charge is 0.263 e. The molecule has 0 spiro atoms. The maximum absolute atomic E-state index is 12.3. The Kier molecular flexibility index (Phi) is 6.60. The maximum atomic E-state index is 12.3. The molecule has 1 aromatic heterocycles. The molecule has 1 heterocycles. The van der Waals surface area contributed by atoms with E-state index in [4.69, 9.17) is 5.73 Å². The van der Waals surface area contributed by atoms with Crippen LogP contribution < -0.4 is 15.8 Å². The van der Waals surface area contributed by atoms with Gasteiger partial charge in [0, 0.05) is 17.3 Å². The topological polar surface area (TPSA) is 114 Å². The molecule has 1 amide bonds. The summed E-state index contributed by atoms with van der Waals surface area (Å²) in [7, 11) is -3.76. The molecular weight excluding hydrogens is 368 g/mol. The maximum Gasteiger partial charge on any atom is 0.263 e. The Balaban J connectivity index is 2.09. The zero-order chi connectivity index (χ0) is 17.6. The molecule has 7 nitrogen and oxygen atoms in total. The number of amides is 1. The molecule has 0 aliphatic rings. The van der Waals surface area contributed by atoms with Gasteiger partial charge in [0.15, 0.2) is 5.13 Å². The van der Waals surface area contributed by atoms with Crippen molar-refractivity contribution in [3.63, 3.8) is 0 Å². The second kappa shape index (κ2) is 8.47. The first-order valence-corrected chi connectivity index (χ1v) is 10.8. The summed E-state index contributed by atoms with van der Waals surface area (Å²) >= 11 is 2.79. The van der Waals surface area contributed by atoms with Gasteiger partial charge in [0.2, 0.25) is 5.91 Å². The lowest BCUT2D eigenvalue weighted by Crippen LogP contribution is -2.36. The van der Waals surface area contributed by atoms with Gasteiger partial charge in [-0.25, -0.2) is 13.4 Å². The molecule has 0 saturated heterocycles. The van der Waals surface area contributed by atoms with E-state index >= 15 is 0 Å². The zero-order valence-electron chi connectivity index (χ0n) is 12.9. The van der Waals surface area contributed by atoms with E-state index in [9.17, 15) is 13.2 Å². The number of anilines is 2. The largest absolute Gasteiger partial charge is 0.325 e. The van der Waals surface area contributed by atoms with Gasteiger partial charge >= 0.3 is 0 Å². The SMILES string of the molecule is CSCC[C@H](N)C(=O)Nc1cccc(S(=O)(=O)Nc2nccs2)c1. The molecule has 130 valence electrons. The highest BCUT2D eigenvalue weighted by molar-refractivity contribution is 7.98. The summed E-state index contributed by atoms with van der Waals surface area (Å²) in [6, 6.07) is 5.36. The summed E-state index contributed by atoms with van der Waals surface area (Å²) < 4.78 is 27.0. The van der Waals surface area contributed by atoms with Crippen LogP contribution in [0.5, 0.6) is 0 Å². The summed E-state index contributed by atoms with van der Waals surface area (Å²) in [4.78, 5) is 15.9. The van der Waals surface area contributed by atoms with Crippen molar-refractivity contribution >= 4 is 49.8 Å². The Morgan fingerprint density at radius 1 is 1.46 bits per heavy atom. The molecule has 1 aromatic carbocycles. The molecule has 0 unspecified atom stereocenters. The van der Waals surface area contributed by atoms with Crippen LogP contribution in [0.1, 0.15) is 6.42 Å². The molecule has 0 radical (unpaired) electrons.